The van der Waals surface area contributed by atoms with Crippen LogP contribution in [0.25, 0.3) is 0 Å². The number of thiophene rings is 1. The molecule has 0 saturated carbocycles. The van der Waals surface area contributed by atoms with Gasteiger partial charge in [-0.15, -0.1) is 11.3 Å². The molecular weight excluding hydrogens is 264 g/mol. The molecule has 1 N–H and O–H groups in total. The highest BCUT2D eigenvalue weighted by atomic mass is 32.1. The molecule has 0 radical (unpaired) electrons. The molecule has 1 atom stereocenters. The Morgan fingerprint density at radius 2 is 2.15 bits per heavy atom. The van der Waals surface area contributed by atoms with E-state index < -0.39 is 0 Å². The molecule has 3 heteroatoms. The standard InChI is InChI=1S/C17H22N2S/c1-12-4-7-17(20-12)13(2)18-11-14-5-6-16-15(10-14)8-9-19(16)3/h4-7,10,13,18H,8-9,11H2,1-3H3. The molecule has 2 nitrogen and oxygen atoms in total. The van der Waals surface area contributed by atoms with E-state index in [4.69, 9.17) is 0 Å². The first-order valence-electron chi connectivity index (χ1n) is 7.26. The summed E-state index contributed by atoms with van der Waals surface area (Å²) in [7, 11) is 2.17. The molecule has 1 aliphatic heterocycles. The number of fused-ring (bicyclic) bond motifs is 1. The smallest absolute Gasteiger partial charge is 0.0397 e. The molecule has 3 rings (SSSR count). The maximum atomic E-state index is 3.63. The van der Waals surface area contributed by atoms with Crippen molar-refractivity contribution in [2.75, 3.05) is 18.5 Å². The lowest BCUT2D eigenvalue weighted by molar-refractivity contribution is 0.583. The van der Waals surface area contributed by atoms with E-state index in [0.29, 0.717) is 6.04 Å². The molecule has 0 bridgehead atoms. The Hall–Kier alpha value is -1.32. The van der Waals surface area contributed by atoms with Crippen LogP contribution in [-0.2, 0) is 13.0 Å². The van der Waals surface area contributed by atoms with E-state index in [1.165, 1.54) is 33.0 Å². The molecule has 0 saturated heterocycles. The van der Waals surface area contributed by atoms with Gasteiger partial charge in [-0.2, -0.15) is 0 Å². The number of hydrogen-bond donors (Lipinski definition) is 1. The Morgan fingerprint density at radius 1 is 1.30 bits per heavy atom. The average Bonchev–Trinajstić information content (AvgIpc) is 3.03. The van der Waals surface area contributed by atoms with Crippen molar-refractivity contribution in [1.82, 2.24) is 5.32 Å². The third-order valence-corrected chi connectivity index (χ3v) is 5.26. The first-order valence-corrected chi connectivity index (χ1v) is 8.08. The summed E-state index contributed by atoms with van der Waals surface area (Å²) in [4.78, 5) is 5.14. The predicted octanol–water partition coefficient (Wildman–Crippen LogP) is 3.90. The first-order chi connectivity index (χ1) is 9.63. The van der Waals surface area contributed by atoms with E-state index >= 15 is 0 Å². The summed E-state index contributed by atoms with van der Waals surface area (Å²) in [6.07, 6.45) is 1.18. The molecule has 0 spiro atoms. The van der Waals surface area contributed by atoms with Crippen LogP contribution in [0, 0.1) is 6.92 Å². The van der Waals surface area contributed by atoms with Gasteiger partial charge in [-0.3, -0.25) is 0 Å². The number of nitrogens with zero attached hydrogens (tertiary/aromatic N) is 1. The second-order valence-corrected chi connectivity index (χ2v) is 7.01. The van der Waals surface area contributed by atoms with Crippen LogP contribution in [0.1, 0.15) is 33.8 Å². The van der Waals surface area contributed by atoms with Crippen LogP contribution in [0.15, 0.2) is 30.3 Å². The maximum absolute atomic E-state index is 3.63. The molecule has 20 heavy (non-hydrogen) atoms. The van der Waals surface area contributed by atoms with Crippen molar-refractivity contribution >= 4 is 17.0 Å². The lowest BCUT2D eigenvalue weighted by atomic mass is 10.1. The van der Waals surface area contributed by atoms with Crippen molar-refractivity contribution in [3.63, 3.8) is 0 Å². The van der Waals surface area contributed by atoms with E-state index in [1.54, 1.807) is 0 Å². The molecule has 2 aromatic rings. The molecule has 0 aliphatic carbocycles. The minimum Gasteiger partial charge on any atom is -0.374 e. The monoisotopic (exact) mass is 286 g/mol. The van der Waals surface area contributed by atoms with Crippen molar-refractivity contribution < 1.29 is 0 Å². The highest BCUT2D eigenvalue weighted by Gasteiger charge is 2.15. The van der Waals surface area contributed by atoms with Crippen LogP contribution in [0.5, 0.6) is 0 Å². The topological polar surface area (TPSA) is 15.3 Å². The van der Waals surface area contributed by atoms with E-state index in [0.717, 1.165) is 13.1 Å². The Labute approximate surface area is 125 Å². The zero-order chi connectivity index (χ0) is 14.1. The lowest BCUT2D eigenvalue weighted by Crippen LogP contribution is -2.17. The van der Waals surface area contributed by atoms with Gasteiger partial charge in [0.15, 0.2) is 0 Å². The van der Waals surface area contributed by atoms with Gasteiger partial charge in [0, 0.05) is 41.6 Å². The number of rotatable bonds is 4. The van der Waals surface area contributed by atoms with Gasteiger partial charge in [0.1, 0.15) is 0 Å². The van der Waals surface area contributed by atoms with Gasteiger partial charge in [0.05, 0.1) is 0 Å². The van der Waals surface area contributed by atoms with Gasteiger partial charge in [0.2, 0.25) is 0 Å². The summed E-state index contributed by atoms with van der Waals surface area (Å²) >= 11 is 1.88. The Kier molecular flexibility index (Phi) is 3.81. The fraction of sp³-hybridized carbons (Fsp3) is 0.412. The van der Waals surface area contributed by atoms with E-state index in [2.05, 4.69) is 61.4 Å². The van der Waals surface area contributed by atoms with Crippen molar-refractivity contribution in [2.45, 2.75) is 32.9 Å². The Balaban J connectivity index is 1.64. The summed E-state index contributed by atoms with van der Waals surface area (Å²) in [5.74, 6) is 0. The Bertz CT molecular complexity index is 603. The molecule has 1 aromatic carbocycles. The van der Waals surface area contributed by atoms with Crippen LogP contribution < -0.4 is 10.2 Å². The highest BCUT2D eigenvalue weighted by Crippen LogP contribution is 2.28. The van der Waals surface area contributed by atoms with E-state index in [1.807, 2.05) is 11.3 Å². The Morgan fingerprint density at radius 3 is 2.90 bits per heavy atom. The van der Waals surface area contributed by atoms with Crippen molar-refractivity contribution in [2.24, 2.45) is 0 Å². The van der Waals surface area contributed by atoms with Crippen LogP contribution in [-0.4, -0.2) is 13.6 Å². The van der Waals surface area contributed by atoms with Gasteiger partial charge in [-0.05, 0) is 49.6 Å². The van der Waals surface area contributed by atoms with Crippen molar-refractivity contribution in [3.05, 3.63) is 51.2 Å². The summed E-state index contributed by atoms with van der Waals surface area (Å²) in [6.45, 7) is 6.50. The quantitative estimate of drug-likeness (QED) is 0.917. The van der Waals surface area contributed by atoms with Crippen LogP contribution >= 0.6 is 11.3 Å². The summed E-state index contributed by atoms with van der Waals surface area (Å²) < 4.78 is 0. The van der Waals surface area contributed by atoms with Crippen LogP contribution in [0.4, 0.5) is 5.69 Å². The van der Waals surface area contributed by atoms with E-state index in [9.17, 15) is 0 Å². The number of anilines is 1. The third kappa shape index (κ3) is 2.74. The number of hydrogen-bond acceptors (Lipinski definition) is 3. The third-order valence-electron chi connectivity index (χ3n) is 4.07. The van der Waals surface area contributed by atoms with Gasteiger partial charge in [-0.1, -0.05) is 12.1 Å². The van der Waals surface area contributed by atoms with Crippen LogP contribution in [0.3, 0.4) is 0 Å². The molecule has 1 unspecified atom stereocenters. The van der Waals surface area contributed by atoms with Gasteiger partial charge in [-0.25, -0.2) is 0 Å². The minimum atomic E-state index is 0.421. The number of aryl methyl sites for hydroxylation is 1. The molecular formula is C17H22N2S. The van der Waals surface area contributed by atoms with E-state index in [-0.39, 0.29) is 0 Å². The maximum Gasteiger partial charge on any atom is 0.0397 e. The number of likely N-dealkylation sites (N-methyl/N-ethyl adjacent to an activating group) is 1. The first kappa shape index (κ1) is 13.7. The molecule has 1 aliphatic rings. The van der Waals surface area contributed by atoms with Gasteiger partial charge >= 0.3 is 0 Å². The zero-order valence-corrected chi connectivity index (χ0v) is 13.3. The minimum absolute atomic E-state index is 0.421. The van der Waals surface area contributed by atoms with Crippen molar-refractivity contribution in [3.8, 4) is 0 Å². The fourth-order valence-corrected chi connectivity index (χ4v) is 3.69. The zero-order valence-electron chi connectivity index (χ0n) is 12.4. The van der Waals surface area contributed by atoms with Crippen molar-refractivity contribution in [1.29, 1.82) is 0 Å². The molecule has 106 valence electrons. The average molecular weight is 286 g/mol. The summed E-state index contributed by atoms with van der Waals surface area (Å²) in [6, 6.07) is 11.7. The second kappa shape index (κ2) is 5.58. The normalized spacial score (nSPS) is 15.4. The van der Waals surface area contributed by atoms with Gasteiger partial charge < -0.3 is 10.2 Å². The fourth-order valence-electron chi connectivity index (χ4n) is 2.79. The number of nitrogens with one attached hydrogen (secondary N) is 1. The molecule has 2 heterocycles. The van der Waals surface area contributed by atoms with Gasteiger partial charge in [0.25, 0.3) is 0 Å². The summed E-state index contributed by atoms with van der Waals surface area (Å²) in [5.41, 5.74) is 4.28. The SMILES string of the molecule is Cc1ccc(C(C)NCc2ccc3c(c2)CCN3C)s1. The predicted molar refractivity (Wildman–Crippen MR) is 87.7 cm³/mol. The van der Waals surface area contributed by atoms with Crippen LogP contribution in [0.2, 0.25) is 0 Å². The molecule has 0 amide bonds. The molecule has 1 aromatic heterocycles. The largest absolute Gasteiger partial charge is 0.374 e. The number of benzene rings is 1. The highest BCUT2D eigenvalue weighted by molar-refractivity contribution is 7.12. The summed E-state index contributed by atoms with van der Waals surface area (Å²) in [5, 5.41) is 3.63. The second-order valence-electron chi connectivity index (χ2n) is 5.69. The lowest BCUT2D eigenvalue weighted by Gasteiger charge is -2.14. The molecule has 0 fully saturated rings.